The van der Waals surface area contributed by atoms with E-state index in [4.69, 9.17) is 5.73 Å². The van der Waals surface area contributed by atoms with Crippen LogP contribution in [0.3, 0.4) is 0 Å². The molecule has 3 atom stereocenters. The predicted octanol–water partition coefficient (Wildman–Crippen LogP) is 3.44. The third kappa shape index (κ3) is 3.26. The second-order valence-electron chi connectivity index (χ2n) is 7.14. The first-order valence-corrected chi connectivity index (χ1v) is 8.68. The Labute approximate surface area is 144 Å². The Balaban J connectivity index is 0.00000192. The quantitative estimate of drug-likeness (QED) is 0.741. The van der Waals surface area contributed by atoms with E-state index in [1.807, 2.05) is 19.9 Å². The van der Waals surface area contributed by atoms with Crippen LogP contribution < -0.4 is 11.1 Å². The molecule has 3 unspecified atom stereocenters. The van der Waals surface area contributed by atoms with Crippen LogP contribution in [-0.2, 0) is 4.79 Å². The molecule has 2 aliphatic rings. The van der Waals surface area contributed by atoms with E-state index in [1.54, 1.807) is 0 Å². The van der Waals surface area contributed by atoms with Gasteiger partial charge in [-0.1, -0.05) is 20.3 Å². The second kappa shape index (κ2) is 7.22. The number of hydrogen-bond donors (Lipinski definition) is 3. The van der Waals surface area contributed by atoms with Gasteiger partial charge in [0.15, 0.2) is 5.82 Å². The lowest BCUT2D eigenvalue weighted by Crippen LogP contribution is -2.41. The molecule has 0 aliphatic heterocycles. The number of anilines is 1. The SMILES string of the molecule is CCC(CC)(CN)C(=O)Nc1cc(C2CC3CCC2C3)[nH]n1.Cl. The van der Waals surface area contributed by atoms with Gasteiger partial charge in [-0.05, 0) is 43.9 Å². The number of H-pyrrole nitrogens is 1. The fourth-order valence-electron chi connectivity index (χ4n) is 4.42. The minimum atomic E-state index is -0.481. The first-order valence-electron chi connectivity index (χ1n) is 8.68. The van der Waals surface area contributed by atoms with Gasteiger partial charge < -0.3 is 11.1 Å². The third-order valence-electron chi connectivity index (χ3n) is 6.20. The van der Waals surface area contributed by atoms with Crippen molar-refractivity contribution in [1.29, 1.82) is 0 Å². The number of aromatic nitrogens is 2. The van der Waals surface area contributed by atoms with E-state index >= 15 is 0 Å². The summed E-state index contributed by atoms with van der Waals surface area (Å²) < 4.78 is 0. The zero-order chi connectivity index (χ0) is 15.7. The van der Waals surface area contributed by atoms with E-state index in [2.05, 4.69) is 15.5 Å². The summed E-state index contributed by atoms with van der Waals surface area (Å²) in [6.07, 6.45) is 6.87. The summed E-state index contributed by atoms with van der Waals surface area (Å²) >= 11 is 0. The van der Waals surface area contributed by atoms with E-state index in [0.717, 1.165) is 24.7 Å². The van der Waals surface area contributed by atoms with E-state index in [9.17, 15) is 4.79 Å². The molecule has 1 aromatic rings. The van der Waals surface area contributed by atoms with Gasteiger partial charge in [-0.25, -0.2) is 0 Å². The van der Waals surface area contributed by atoms with Crippen LogP contribution in [0, 0.1) is 17.3 Å². The Morgan fingerprint density at radius 1 is 1.39 bits per heavy atom. The number of hydrogen-bond acceptors (Lipinski definition) is 3. The minimum absolute atomic E-state index is 0. The molecule has 2 saturated carbocycles. The zero-order valence-corrected chi connectivity index (χ0v) is 14.9. The summed E-state index contributed by atoms with van der Waals surface area (Å²) in [5, 5.41) is 10.4. The number of rotatable bonds is 6. The molecule has 0 radical (unpaired) electrons. The molecule has 1 aromatic heterocycles. The maximum atomic E-state index is 12.5. The minimum Gasteiger partial charge on any atom is -0.329 e. The maximum absolute atomic E-state index is 12.5. The fraction of sp³-hybridized carbons (Fsp3) is 0.765. The van der Waals surface area contributed by atoms with Gasteiger partial charge in [-0.15, -0.1) is 12.4 Å². The number of halogens is 1. The zero-order valence-electron chi connectivity index (χ0n) is 14.1. The number of fused-ring (bicyclic) bond motifs is 2. The van der Waals surface area contributed by atoms with Crippen LogP contribution in [0.4, 0.5) is 5.82 Å². The molecular formula is C17H29ClN4O. The lowest BCUT2D eigenvalue weighted by molar-refractivity contribution is -0.125. The van der Waals surface area contributed by atoms with Crippen molar-refractivity contribution in [2.45, 2.75) is 58.3 Å². The van der Waals surface area contributed by atoms with Crippen LogP contribution in [0.25, 0.3) is 0 Å². The van der Waals surface area contributed by atoms with Gasteiger partial charge in [0, 0.05) is 24.2 Å². The molecule has 1 heterocycles. The summed E-state index contributed by atoms with van der Waals surface area (Å²) in [4.78, 5) is 12.5. The normalized spacial score (nSPS) is 26.1. The lowest BCUT2D eigenvalue weighted by atomic mass is 9.81. The van der Waals surface area contributed by atoms with Crippen LogP contribution in [0.15, 0.2) is 6.07 Å². The molecule has 2 aliphatic carbocycles. The van der Waals surface area contributed by atoms with Gasteiger partial charge in [-0.3, -0.25) is 9.89 Å². The second-order valence-corrected chi connectivity index (χ2v) is 7.14. The molecule has 0 spiro atoms. The van der Waals surface area contributed by atoms with Crippen molar-refractivity contribution in [2.75, 3.05) is 11.9 Å². The van der Waals surface area contributed by atoms with E-state index in [1.165, 1.54) is 31.4 Å². The molecule has 5 nitrogen and oxygen atoms in total. The number of carbonyl (C=O) groups excluding carboxylic acids is 1. The average molecular weight is 341 g/mol. The fourth-order valence-corrected chi connectivity index (χ4v) is 4.42. The van der Waals surface area contributed by atoms with Crippen LogP contribution in [0.2, 0.25) is 0 Å². The molecular weight excluding hydrogens is 312 g/mol. The Kier molecular flexibility index (Phi) is 5.74. The van der Waals surface area contributed by atoms with Gasteiger partial charge >= 0.3 is 0 Å². The number of nitrogens with two attached hydrogens (primary N) is 1. The average Bonchev–Trinajstić information content (AvgIpc) is 3.25. The van der Waals surface area contributed by atoms with E-state index < -0.39 is 5.41 Å². The molecule has 2 fully saturated rings. The van der Waals surface area contributed by atoms with Crippen molar-refractivity contribution in [3.63, 3.8) is 0 Å². The number of nitrogens with zero attached hydrogens (tertiary/aromatic N) is 1. The lowest BCUT2D eigenvalue weighted by Gasteiger charge is -2.27. The van der Waals surface area contributed by atoms with Gasteiger partial charge in [-0.2, -0.15) is 5.10 Å². The summed E-state index contributed by atoms with van der Waals surface area (Å²) in [5.41, 5.74) is 6.55. The highest BCUT2D eigenvalue weighted by Crippen LogP contribution is 2.52. The Hall–Kier alpha value is -1.07. The van der Waals surface area contributed by atoms with Crippen LogP contribution in [0.5, 0.6) is 0 Å². The van der Waals surface area contributed by atoms with Crippen molar-refractivity contribution < 1.29 is 4.79 Å². The topological polar surface area (TPSA) is 83.8 Å². The molecule has 6 heteroatoms. The summed E-state index contributed by atoms with van der Waals surface area (Å²) in [5.74, 6) is 2.95. The molecule has 2 bridgehead atoms. The standard InChI is InChI=1S/C17H28N4O.ClH/c1-3-17(4-2,10-18)16(22)19-15-9-14(20-21-15)13-8-11-5-6-12(13)7-11;/h9,11-13H,3-8,10,18H2,1-2H3,(H2,19,20,21,22);1H. The molecule has 3 rings (SSSR count). The van der Waals surface area contributed by atoms with Crippen LogP contribution in [-0.4, -0.2) is 22.6 Å². The summed E-state index contributed by atoms with van der Waals surface area (Å²) in [7, 11) is 0. The monoisotopic (exact) mass is 340 g/mol. The summed E-state index contributed by atoms with van der Waals surface area (Å²) in [6, 6.07) is 2.02. The van der Waals surface area contributed by atoms with Crippen molar-refractivity contribution >= 4 is 24.1 Å². The van der Waals surface area contributed by atoms with Crippen molar-refractivity contribution in [1.82, 2.24) is 10.2 Å². The Bertz CT molecular complexity index is 532. The molecule has 1 amide bonds. The molecule has 23 heavy (non-hydrogen) atoms. The van der Waals surface area contributed by atoms with Gasteiger partial charge in [0.1, 0.15) is 0 Å². The van der Waals surface area contributed by atoms with Gasteiger partial charge in [0.2, 0.25) is 5.91 Å². The number of amides is 1. The van der Waals surface area contributed by atoms with Crippen LogP contribution >= 0.6 is 12.4 Å². The van der Waals surface area contributed by atoms with E-state index in [-0.39, 0.29) is 18.3 Å². The van der Waals surface area contributed by atoms with Crippen molar-refractivity contribution in [2.24, 2.45) is 23.0 Å². The first kappa shape index (κ1) is 18.3. The highest BCUT2D eigenvalue weighted by molar-refractivity contribution is 5.94. The number of aromatic amines is 1. The number of carbonyl (C=O) groups is 1. The molecule has 0 aromatic carbocycles. The maximum Gasteiger partial charge on any atom is 0.233 e. The highest BCUT2D eigenvalue weighted by atomic mass is 35.5. The van der Waals surface area contributed by atoms with Gasteiger partial charge in [0.05, 0.1) is 5.41 Å². The Morgan fingerprint density at radius 2 is 2.13 bits per heavy atom. The smallest absolute Gasteiger partial charge is 0.233 e. The summed E-state index contributed by atoms with van der Waals surface area (Å²) in [6.45, 7) is 4.40. The van der Waals surface area contributed by atoms with Gasteiger partial charge in [0.25, 0.3) is 0 Å². The molecule has 0 saturated heterocycles. The first-order chi connectivity index (χ1) is 10.6. The van der Waals surface area contributed by atoms with E-state index in [0.29, 0.717) is 18.3 Å². The van der Waals surface area contributed by atoms with Crippen LogP contribution in [0.1, 0.15) is 64.0 Å². The highest BCUT2D eigenvalue weighted by Gasteiger charge is 2.41. The van der Waals surface area contributed by atoms with Crippen molar-refractivity contribution in [3.05, 3.63) is 11.8 Å². The molecule has 4 N–H and O–H groups in total. The molecule has 130 valence electrons. The largest absolute Gasteiger partial charge is 0.329 e. The Morgan fingerprint density at radius 3 is 2.65 bits per heavy atom. The third-order valence-corrected chi connectivity index (χ3v) is 6.20. The number of nitrogens with one attached hydrogen (secondary N) is 2. The predicted molar refractivity (Wildman–Crippen MR) is 94.7 cm³/mol. The van der Waals surface area contributed by atoms with Crippen molar-refractivity contribution in [3.8, 4) is 0 Å².